The summed E-state index contributed by atoms with van der Waals surface area (Å²) in [6.07, 6.45) is 3.74. The molecular weight excluding hydrogens is 296 g/mol. The van der Waals surface area contributed by atoms with E-state index in [-0.39, 0.29) is 5.56 Å². The Bertz CT molecular complexity index is 433. The molecule has 6 heteroatoms. The molecule has 0 aliphatic carbocycles. The van der Waals surface area contributed by atoms with Gasteiger partial charge in [-0.25, -0.2) is 4.68 Å². The zero-order valence-corrected chi connectivity index (χ0v) is 12.6. The zero-order valence-electron chi connectivity index (χ0n) is 11.0. The van der Waals surface area contributed by atoms with E-state index in [1.54, 1.807) is 6.20 Å². The first-order valence-electron chi connectivity index (χ1n) is 6.36. The van der Waals surface area contributed by atoms with Crippen LogP contribution >= 0.6 is 15.9 Å². The lowest BCUT2D eigenvalue weighted by Crippen LogP contribution is -2.33. The maximum atomic E-state index is 12.1. The molecule has 0 aromatic carbocycles. The van der Waals surface area contributed by atoms with Crippen LogP contribution in [0, 0.1) is 0 Å². The highest BCUT2D eigenvalue weighted by atomic mass is 79.9. The number of anilines is 1. The van der Waals surface area contributed by atoms with Crippen molar-refractivity contribution in [1.29, 1.82) is 0 Å². The van der Waals surface area contributed by atoms with Crippen molar-refractivity contribution < 1.29 is 0 Å². The van der Waals surface area contributed by atoms with E-state index < -0.39 is 0 Å². The highest BCUT2D eigenvalue weighted by Gasteiger charge is 2.13. The molecule has 0 saturated carbocycles. The minimum atomic E-state index is -0.0728. The van der Waals surface area contributed by atoms with Crippen molar-refractivity contribution in [1.82, 2.24) is 9.78 Å². The molecule has 1 aromatic heterocycles. The van der Waals surface area contributed by atoms with E-state index in [2.05, 4.69) is 28.0 Å². The van der Waals surface area contributed by atoms with Gasteiger partial charge in [0.05, 0.1) is 11.9 Å². The molecule has 0 amide bonds. The number of hydrogen-bond donors (Lipinski definition) is 1. The predicted octanol–water partition coefficient (Wildman–Crippen LogP) is 1.59. The summed E-state index contributed by atoms with van der Waals surface area (Å²) < 4.78 is 2.08. The summed E-state index contributed by atoms with van der Waals surface area (Å²) >= 11 is 3.38. The normalized spacial score (nSPS) is 10.7. The Balaban J connectivity index is 3.02. The summed E-state index contributed by atoms with van der Waals surface area (Å²) in [5.41, 5.74) is 6.31. The van der Waals surface area contributed by atoms with Gasteiger partial charge in [0.15, 0.2) is 0 Å². The Hall–Kier alpha value is -0.880. The van der Waals surface area contributed by atoms with Gasteiger partial charge >= 0.3 is 0 Å². The molecule has 102 valence electrons. The van der Waals surface area contributed by atoms with Crippen LogP contribution in [-0.2, 0) is 6.54 Å². The van der Waals surface area contributed by atoms with E-state index in [0.717, 1.165) is 31.6 Å². The van der Waals surface area contributed by atoms with Crippen LogP contribution in [0.2, 0.25) is 0 Å². The summed E-state index contributed by atoms with van der Waals surface area (Å²) in [7, 11) is 0. The lowest BCUT2D eigenvalue weighted by molar-refractivity contribution is 0.539. The molecule has 0 spiro atoms. The molecule has 0 aliphatic heterocycles. The number of aryl methyl sites for hydroxylation is 1. The molecule has 18 heavy (non-hydrogen) atoms. The molecule has 2 N–H and O–H groups in total. The van der Waals surface area contributed by atoms with E-state index in [0.29, 0.717) is 17.6 Å². The monoisotopic (exact) mass is 316 g/mol. The van der Waals surface area contributed by atoms with Crippen molar-refractivity contribution in [2.24, 2.45) is 5.73 Å². The number of likely N-dealkylation sites (N-methyl/N-ethyl adjacent to an activating group) is 1. The van der Waals surface area contributed by atoms with E-state index in [9.17, 15) is 4.79 Å². The van der Waals surface area contributed by atoms with Crippen molar-refractivity contribution in [2.75, 3.05) is 24.5 Å². The molecular formula is C12H21BrN4O. The Morgan fingerprint density at radius 1 is 1.50 bits per heavy atom. The molecule has 1 heterocycles. The molecule has 0 aliphatic rings. The van der Waals surface area contributed by atoms with Crippen LogP contribution in [-0.4, -0.2) is 29.4 Å². The summed E-state index contributed by atoms with van der Waals surface area (Å²) in [5.74, 6) is 0. The smallest absolute Gasteiger partial charge is 0.283 e. The minimum absolute atomic E-state index is 0.0728. The average molecular weight is 317 g/mol. The van der Waals surface area contributed by atoms with E-state index in [1.807, 2.05) is 11.8 Å². The van der Waals surface area contributed by atoms with Crippen LogP contribution in [0.4, 0.5) is 5.69 Å². The molecule has 1 rings (SSSR count). The van der Waals surface area contributed by atoms with Crippen LogP contribution in [0.25, 0.3) is 0 Å². The number of nitrogens with two attached hydrogens (primary N) is 1. The molecule has 0 atom stereocenters. The number of halogens is 1. The second kappa shape index (κ2) is 7.53. The van der Waals surface area contributed by atoms with Gasteiger partial charge in [-0.15, -0.1) is 0 Å². The third-order valence-electron chi connectivity index (χ3n) is 2.81. The van der Waals surface area contributed by atoms with Gasteiger partial charge in [0.25, 0.3) is 5.56 Å². The van der Waals surface area contributed by atoms with E-state index in [4.69, 9.17) is 5.73 Å². The maximum Gasteiger partial charge on any atom is 0.283 e. The van der Waals surface area contributed by atoms with Crippen LogP contribution in [0.3, 0.4) is 0 Å². The standard InChI is InChI=1S/C12H21BrN4O/c1-3-5-7-17-12(18)11(13)10(9-15-17)16(4-2)8-6-14/h9H,3-8,14H2,1-2H3. The fourth-order valence-electron chi connectivity index (χ4n) is 1.75. The van der Waals surface area contributed by atoms with Gasteiger partial charge in [0, 0.05) is 26.2 Å². The van der Waals surface area contributed by atoms with Crippen molar-refractivity contribution in [2.45, 2.75) is 33.2 Å². The lowest BCUT2D eigenvalue weighted by atomic mass is 10.3. The fourth-order valence-corrected chi connectivity index (χ4v) is 2.31. The van der Waals surface area contributed by atoms with Gasteiger partial charge in [-0.1, -0.05) is 13.3 Å². The number of unbranched alkanes of at least 4 members (excludes halogenated alkanes) is 1. The summed E-state index contributed by atoms with van der Waals surface area (Å²) in [4.78, 5) is 14.2. The van der Waals surface area contributed by atoms with Crippen LogP contribution in [0.1, 0.15) is 26.7 Å². The Kier molecular flexibility index (Phi) is 6.35. The van der Waals surface area contributed by atoms with E-state index >= 15 is 0 Å². The SMILES string of the molecule is CCCCn1ncc(N(CC)CCN)c(Br)c1=O. The fraction of sp³-hybridized carbons (Fsp3) is 0.667. The minimum Gasteiger partial charge on any atom is -0.368 e. The van der Waals surface area contributed by atoms with Crippen LogP contribution < -0.4 is 16.2 Å². The maximum absolute atomic E-state index is 12.1. The van der Waals surface area contributed by atoms with Crippen molar-refractivity contribution in [3.05, 3.63) is 21.0 Å². The molecule has 0 radical (unpaired) electrons. The third kappa shape index (κ3) is 3.55. The second-order valence-corrected chi connectivity index (χ2v) is 4.89. The number of hydrogen-bond acceptors (Lipinski definition) is 4. The first kappa shape index (κ1) is 15.2. The van der Waals surface area contributed by atoms with Crippen molar-refractivity contribution in [3.63, 3.8) is 0 Å². The average Bonchev–Trinajstić information content (AvgIpc) is 2.38. The number of nitrogens with zero attached hydrogens (tertiary/aromatic N) is 3. The summed E-state index contributed by atoms with van der Waals surface area (Å²) in [6, 6.07) is 0. The van der Waals surface area contributed by atoms with Crippen molar-refractivity contribution in [3.8, 4) is 0 Å². The van der Waals surface area contributed by atoms with Crippen molar-refractivity contribution >= 4 is 21.6 Å². The lowest BCUT2D eigenvalue weighted by Gasteiger charge is -2.23. The quantitative estimate of drug-likeness (QED) is 0.829. The van der Waals surface area contributed by atoms with E-state index in [1.165, 1.54) is 4.68 Å². The number of rotatable bonds is 7. The Morgan fingerprint density at radius 3 is 2.78 bits per heavy atom. The van der Waals surface area contributed by atoms with Gasteiger partial charge in [0.2, 0.25) is 0 Å². The highest BCUT2D eigenvalue weighted by Crippen LogP contribution is 2.20. The predicted molar refractivity (Wildman–Crippen MR) is 78.0 cm³/mol. The molecule has 0 fully saturated rings. The topological polar surface area (TPSA) is 64.2 Å². The highest BCUT2D eigenvalue weighted by molar-refractivity contribution is 9.10. The molecule has 0 saturated heterocycles. The first-order chi connectivity index (χ1) is 8.65. The van der Waals surface area contributed by atoms with Gasteiger partial charge < -0.3 is 10.6 Å². The van der Waals surface area contributed by atoms with Gasteiger partial charge in [-0.05, 0) is 29.3 Å². The van der Waals surface area contributed by atoms with Crippen LogP contribution in [0.15, 0.2) is 15.5 Å². The Morgan fingerprint density at radius 2 is 2.22 bits per heavy atom. The molecule has 1 aromatic rings. The van der Waals surface area contributed by atoms with Gasteiger partial charge in [0.1, 0.15) is 4.47 Å². The summed E-state index contributed by atoms with van der Waals surface area (Å²) in [6.45, 7) is 6.86. The van der Waals surface area contributed by atoms with Crippen LogP contribution in [0.5, 0.6) is 0 Å². The molecule has 0 unspecified atom stereocenters. The second-order valence-electron chi connectivity index (χ2n) is 4.09. The third-order valence-corrected chi connectivity index (χ3v) is 3.56. The van der Waals surface area contributed by atoms with Gasteiger partial charge in [-0.3, -0.25) is 4.79 Å². The largest absolute Gasteiger partial charge is 0.368 e. The molecule has 0 bridgehead atoms. The number of aromatic nitrogens is 2. The molecule has 5 nitrogen and oxygen atoms in total. The zero-order chi connectivity index (χ0) is 13.5. The van der Waals surface area contributed by atoms with Gasteiger partial charge in [-0.2, -0.15) is 5.10 Å². The Labute approximate surface area is 116 Å². The summed E-state index contributed by atoms with van der Waals surface area (Å²) in [5, 5.41) is 4.22. The first-order valence-corrected chi connectivity index (χ1v) is 7.15.